The van der Waals surface area contributed by atoms with Crippen molar-refractivity contribution in [1.29, 1.82) is 0 Å². The van der Waals surface area contributed by atoms with Crippen LogP contribution >= 0.6 is 11.6 Å². The number of aryl methyl sites for hydroxylation is 1. The van der Waals surface area contributed by atoms with Crippen LogP contribution in [-0.4, -0.2) is 32.5 Å². The van der Waals surface area contributed by atoms with Crippen LogP contribution in [-0.2, 0) is 16.3 Å². The molecule has 1 heterocycles. The van der Waals surface area contributed by atoms with E-state index in [9.17, 15) is 8.42 Å². The second-order valence-corrected chi connectivity index (χ2v) is 7.10. The predicted molar refractivity (Wildman–Crippen MR) is 70.2 cm³/mol. The van der Waals surface area contributed by atoms with Gasteiger partial charge in [-0.15, -0.1) is 0 Å². The van der Waals surface area contributed by atoms with Crippen LogP contribution in [0.4, 0.5) is 0 Å². The first-order chi connectivity index (χ1) is 8.05. The Morgan fingerprint density at radius 3 is 2.47 bits per heavy atom. The maximum atomic E-state index is 11.8. The lowest BCUT2D eigenvalue weighted by Crippen LogP contribution is -2.47. The molecule has 0 amide bonds. The largest absolute Gasteiger partial charge is 0.313 e. The summed E-state index contributed by atoms with van der Waals surface area (Å²) < 4.78 is 23.6. The minimum absolute atomic E-state index is 0.171. The number of nitrogens with one attached hydrogen (secondary N) is 1. The minimum atomic E-state index is -2.95. The molecule has 0 aliphatic carbocycles. The van der Waals surface area contributed by atoms with Crippen LogP contribution in [0, 0.1) is 0 Å². The van der Waals surface area contributed by atoms with E-state index >= 15 is 0 Å². The highest BCUT2D eigenvalue weighted by Gasteiger charge is 2.23. The van der Waals surface area contributed by atoms with Gasteiger partial charge >= 0.3 is 0 Å². The number of hydrogen-bond acceptors (Lipinski definition) is 3. The third kappa shape index (κ3) is 3.98. The minimum Gasteiger partial charge on any atom is -0.313 e. The highest BCUT2D eigenvalue weighted by atomic mass is 35.5. The zero-order valence-corrected chi connectivity index (χ0v) is 11.1. The molecule has 1 aliphatic rings. The lowest BCUT2D eigenvalue weighted by molar-refractivity contribution is 0.399. The second kappa shape index (κ2) is 5.38. The van der Waals surface area contributed by atoms with Crippen LogP contribution in [0.2, 0.25) is 5.02 Å². The molecule has 0 bridgehead atoms. The average molecular weight is 274 g/mol. The van der Waals surface area contributed by atoms with Gasteiger partial charge in [-0.1, -0.05) is 23.7 Å². The SMILES string of the molecule is O=S(=O)(CCc1ccc(Cl)cc1)CC1CCN1. The average Bonchev–Trinajstić information content (AvgIpc) is 2.23. The molecule has 1 aromatic carbocycles. The molecule has 0 spiro atoms. The Morgan fingerprint density at radius 1 is 1.29 bits per heavy atom. The summed E-state index contributed by atoms with van der Waals surface area (Å²) in [6.45, 7) is 0.942. The number of hydrogen-bond donors (Lipinski definition) is 1. The molecule has 0 aromatic heterocycles. The quantitative estimate of drug-likeness (QED) is 0.888. The maximum Gasteiger partial charge on any atom is 0.152 e. The predicted octanol–water partition coefficient (Wildman–Crippen LogP) is 1.66. The number of rotatable bonds is 5. The van der Waals surface area contributed by atoms with Crippen molar-refractivity contribution in [3.63, 3.8) is 0 Å². The molecular weight excluding hydrogens is 258 g/mol. The zero-order valence-electron chi connectivity index (χ0n) is 9.52. The number of sulfone groups is 1. The van der Waals surface area contributed by atoms with E-state index in [1.54, 1.807) is 12.1 Å². The molecule has 5 heteroatoms. The van der Waals surface area contributed by atoms with Crippen molar-refractivity contribution >= 4 is 21.4 Å². The molecule has 0 saturated carbocycles. The highest BCUT2D eigenvalue weighted by Crippen LogP contribution is 2.12. The van der Waals surface area contributed by atoms with Gasteiger partial charge in [0, 0.05) is 11.1 Å². The van der Waals surface area contributed by atoms with E-state index in [4.69, 9.17) is 11.6 Å². The van der Waals surface area contributed by atoms with Crippen molar-refractivity contribution in [3.05, 3.63) is 34.9 Å². The number of halogens is 1. The van der Waals surface area contributed by atoms with E-state index < -0.39 is 9.84 Å². The smallest absolute Gasteiger partial charge is 0.152 e. The van der Waals surface area contributed by atoms with Crippen LogP contribution in [0.1, 0.15) is 12.0 Å². The van der Waals surface area contributed by atoms with Crippen molar-refractivity contribution in [3.8, 4) is 0 Å². The van der Waals surface area contributed by atoms with Crippen LogP contribution in [0.5, 0.6) is 0 Å². The molecule has 94 valence electrons. The Morgan fingerprint density at radius 2 is 1.94 bits per heavy atom. The standard InChI is InChI=1S/C12H16ClNO2S/c13-11-3-1-10(2-4-11)6-8-17(15,16)9-12-5-7-14-12/h1-4,12,14H,5-9H2. The van der Waals surface area contributed by atoms with Gasteiger partial charge in [0.1, 0.15) is 0 Å². The van der Waals surface area contributed by atoms with Crippen LogP contribution in [0.15, 0.2) is 24.3 Å². The van der Waals surface area contributed by atoms with E-state index in [-0.39, 0.29) is 17.5 Å². The first kappa shape index (κ1) is 12.9. The molecule has 1 aromatic rings. The summed E-state index contributed by atoms with van der Waals surface area (Å²) in [5.41, 5.74) is 1.01. The molecule has 1 saturated heterocycles. The van der Waals surface area contributed by atoms with Crippen molar-refractivity contribution < 1.29 is 8.42 Å². The van der Waals surface area contributed by atoms with Gasteiger partial charge in [-0.2, -0.15) is 0 Å². The third-order valence-corrected chi connectivity index (χ3v) is 4.98. The van der Waals surface area contributed by atoms with Crippen LogP contribution < -0.4 is 5.32 Å². The molecular formula is C12H16ClNO2S. The van der Waals surface area contributed by atoms with Crippen LogP contribution in [0.25, 0.3) is 0 Å². The van der Waals surface area contributed by atoms with E-state index in [0.717, 1.165) is 18.5 Å². The fourth-order valence-electron chi connectivity index (χ4n) is 1.81. The summed E-state index contributed by atoms with van der Waals surface area (Å²) in [5.74, 6) is 0.480. The topological polar surface area (TPSA) is 46.2 Å². The lowest BCUT2D eigenvalue weighted by atomic mass is 10.1. The van der Waals surface area contributed by atoms with E-state index in [1.165, 1.54) is 0 Å². The van der Waals surface area contributed by atoms with Gasteiger partial charge in [0.2, 0.25) is 0 Å². The summed E-state index contributed by atoms with van der Waals surface area (Å²) in [4.78, 5) is 0. The monoisotopic (exact) mass is 273 g/mol. The summed E-state index contributed by atoms with van der Waals surface area (Å²) in [5, 5.41) is 3.79. The fourth-order valence-corrected chi connectivity index (χ4v) is 3.54. The zero-order chi connectivity index (χ0) is 12.3. The Bertz CT molecular complexity index is 466. The molecule has 0 radical (unpaired) electrons. The van der Waals surface area contributed by atoms with E-state index in [0.29, 0.717) is 11.4 Å². The summed E-state index contributed by atoms with van der Waals surface area (Å²) in [6, 6.07) is 7.50. The summed E-state index contributed by atoms with van der Waals surface area (Å²) >= 11 is 5.77. The fraction of sp³-hybridized carbons (Fsp3) is 0.500. The van der Waals surface area contributed by atoms with Crippen molar-refractivity contribution in [2.75, 3.05) is 18.1 Å². The van der Waals surface area contributed by atoms with Gasteiger partial charge < -0.3 is 5.32 Å². The van der Waals surface area contributed by atoms with E-state index in [2.05, 4.69) is 5.32 Å². The molecule has 1 aliphatic heterocycles. The van der Waals surface area contributed by atoms with Crippen LogP contribution in [0.3, 0.4) is 0 Å². The first-order valence-electron chi connectivity index (χ1n) is 5.73. The van der Waals surface area contributed by atoms with Crippen molar-refractivity contribution in [2.45, 2.75) is 18.9 Å². The van der Waals surface area contributed by atoms with E-state index in [1.807, 2.05) is 12.1 Å². The van der Waals surface area contributed by atoms with Gasteiger partial charge in [-0.05, 0) is 37.1 Å². The Labute approximate surface area is 107 Å². The summed E-state index contributed by atoms with van der Waals surface area (Å²) in [6.07, 6.45) is 1.53. The molecule has 3 nitrogen and oxygen atoms in total. The second-order valence-electron chi connectivity index (χ2n) is 4.43. The lowest BCUT2D eigenvalue weighted by Gasteiger charge is -2.27. The van der Waals surface area contributed by atoms with Gasteiger partial charge in [-0.25, -0.2) is 8.42 Å². The normalized spacial score (nSPS) is 19.9. The summed E-state index contributed by atoms with van der Waals surface area (Å²) in [7, 11) is -2.95. The molecule has 1 N–H and O–H groups in total. The first-order valence-corrected chi connectivity index (χ1v) is 7.93. The Hall–Kier alpha value is -0.580. The van der Waals surface area contributed by atoms with Crippen molar-refractivity contribution in [1.82, 2.24) is 5.32 Å². The molecule has 1 fully saturated rings. The Balaban J connectivity index is 1.86. The van der Waals surface area contributed by atoms with Gasteiger partial charge in [-0.3, -0.25) is 0 Å². The molecule has 1 unspecified atom stereocenters. The Kier molecular flexibility index (Phi) is 4.07. The van der Waals surface area contributed by atoms with Gasteiger partial charge in [0.15, 0.2) is 9.84 Å². The number of benzene rings is 1. The maximum absolute atomic E-state index is 11.8. The van der Waals surface area contributed by atoms with Crippen molar-refractivity contribution in [2.24, 2.45) is 0 Å². The van der Waals surface area contributed by atoms with Gasteiger partial charge in [0.25, 0.3) is 0 Å². The molecule has 1 atom stereocenters. The molecule has 17 heavy (non-hydrogen) atoms. The third-order valence-electron chi connectivity index (χ3n) is 3.00. The van der Waals surface area contributed by atoms with Gasteiger partial charge in [0.05, 0.1) is 11.5 Å². The highest BCUT2D eigenvalue weighted by molar-refractivity contribution is 7.91. The molecule has 2 rings (SSSR count).